The minimum Gasteiger partial charge on any atom is -0.354 e. The molecule has 0 fully saturated rings. The summed E-state index contributed by atoms with van der Waals surface area (Å²) < 4.78 is 13.8. The molecule has 98 valence electrons. The van der Waals surface area contributed by atoms with E-state index in [1.165, 1.54) is 0 Å². The van der Waals surface area contributed by atoms with Crippen LogP contribution < -0.4 is 10.2 Å². The molecule has 0 bridgehead atoms. The van der Waals surface area contributed by atoms with Crippen molar-refractivity contribution in [2.75, 3.05) is 23.3 Å². The van der Waals surface area contributed by atoms with E-state index in [1.807, 2.05) is 20.8 Å². The van der Waals surface area contributed by atoms with Crippen LogP contribution in [0.15, 0.2) is 6.20 Å². The van der Waals surface area contributed by atoms with Gasteiger partial charge in [-0.25, -0.2) is 9.37 Å². The van der Waals surface area contributed by atoms with Gasteiger partial charge in [0.05, 0.1) is 18.7 Å². The number of anilines is 2. The fourth-order valence-corrected chi connectivity index (χ4v) is 1.58. The van der Waals surface area contributed by atoms with Gasteiger partial charge in [0.15, 0.2) is 11.6 Å². The number of nitriles is 1. The molecule has 1 N–H and O–H groups in total. The van der Waals surface area contributed by atoms with Crippen LogP contribution in [0.4, 0.5) is 16.2 Å². The Hall–Kier alpha value is -1.90. The van der Waals surface area contributed by atoms with Crippen molar-refractivity contribution in [1.82, 2.24) is 9.97 Å². The minimum atomic E-state index is -0.469. The first kappa shape index (κ1) is 14.2. The number of rotatable bonds is 6. The van der Waals surface area contributed by atoms with E-state index in [2.05, 4.69) is 21.4 Å². The van der Waals surface area contributed by atoms with E-state index in [-0.39, 0.29) is 11.9 Å². The molecule has 5 nitrogen and oxygen atoms in total. The van der Waals surface area contributed by atoms with Crippen LogP contribution in [0.2, 0.25) is 0 Å². The first-order chi connectivity index (χ1) is 8.60. The van der Waals surface area contributed by atoms with E-state index in [1.54, 1.807) is 4.90 Å². The Kier molecular flexibility index (Phi) is 5.31. The minimum absolute atomic E-state index is 0.0669. The Balaban J connectivity index is 3.02. The molecule has 0 radical (unpaired) electrons. The van der Waals surface area contributed by atoms with Gasteiger partial charge in [0, 0.05) is 19.1 Å². The maximum atomic E-state index is 13.8. The highest BCUT2D eigenvalue weighted by molar-refractivity contribution is 5.44. The summed E-state index contributed by atoms with van der Waals surface area (Å²) in [5.74, 6) is 0.172. The molecule has 0 unspecified atom stereocenters. The predicted octanol–water partition coefficient (Wildman–Crippen LogP) is 2.18. The van der Waals surface area contributed by atoms with Gasteiger partial charge in [-0.05, 0) is 20.8 Å². The van der Waals surface area contributed by atoms with Gasteiger partial charge in [0.1, 0.15) is 0 Å². The summed E-state index contributed by atoms with van der Waals surface area (Å²) in [5, 5.41) is 11.6. The number of aromatic nitrogens is 2. The summed E-state index contributed by atoms with van der Waals surface area (Å²) in [6.45, 7) is 6.92. The topological polar surface area (TPSA) is 64.8 Å². The second-order valence-corrected chi connectivity index (χ2v) is 4.09. The predicted molar refractivity (Wildman–Crippen MR) is 68.9 cm³/mol. The Labute approximate surface area is 107 Å². The highest BCUT2D eigenvalue weighted by Gasteiger charge is 2.17. The van der Waals surface area contributed by atoms with Crippen molar-refractivity contribution >= 4 is 11.8 Å². The molecular weight excluding hydrogens is 233 g/mol. The summed E-state index contributed by atoms with van der Waals surface area (Å²) in [5.41, 5.74) is 0. The van der Waals surface area contributed by atoms with E-state index >= 15 is 0 Å². The van der Waals surface area contributed by atoms with Crippen molar-refractivity contribution in [3.63, 3.8) is 0 Å². The Morgan fingerprint density at radius 3 is 2.83 bits per heavy atom. The van der Waals surface area contributed by atoms with E-state index in [4.69, 9.17) is 5.26 Å². The van der Waals surface area contributed by atoms with E-state index in [0.717, 1.165) is 6.20 Å². The van der Waals surface area contributed by atoms with Gasteiger partial charge in [-0.3, -0.25) is 0 Å². The molecule has 1 aromatic rings. The van der Waals surface area contributed by atoms with Crippen molar-refractivity contribution < 1.29 is 4.39 Å². The number of nitrogens with one attached hydrogen (secondary N) is 1. The summed E-state index contributed by atoms with van der Waals surface area (Å²) in [4.78, 5) is 9.78. The fraction of sp³-hybridized carbons (Fsp3) is 0.583. The number of hydrogen-bond acceptors (Lipinski definition) is 5. The first-order valence-corrected chi connectivity index (χ1v) is 6.00. The lowest BCUT2D eigenvalue weighted by atomic mass is 10.3. The van der Waals surface area contributed by atoms with Gasteiger partial charge in [-0.15, -0.1) is 0 Å². The van der Waals surface area contributed by atoms with E-state index in [0.29, 0.717) is 25.5 Å². The molecule has 1 heterocycles. The van der Waals surface area contributed by atoms with Crippen LogP contribution in [-0.4, -0.2) is 29.1 Å². The van der Waals surface area contributed by atoms with Crippen LogP contribution in [-0.2, 0) is 0 Å². The van der Waals surface area contributed by atoms with E-state index < -0.39 is 5.82 Å². The third-order valence-corrected chi connectivity index (χ3v) is 2.42. The molecule has 0 saturated carbocycles. The summed E-state index contributed by atoms with van der Waals surface area (Å²) in [6, 6.07) is 2.13. The molecule has 0 aliphatic rings. The molecule has 0 aliphatic carbocycles. The molecule has 18 heavy (non-hydrogen) atoms. The van der Waals surface area contributed by atoms with Crippen LogP contribution in [0.3, 0.4) is 0 Å². The van der Waals surface area contributed by atoms with Crippen LogP contribution in [0.25, 0.3) is 0 Å². The average molecular weight is 251 g/mol. The number of hydrogen-bond donors (Lipinski definition) is 1. The highest BCUT2D eigenvalue weighted by atomic mass is 19.1. The molecule has 6 heteroatoms. The van der Waals surface area contributed by atoms with E-state index in [9.17, 15) is 4.39 Å². The molecule has 0 amide bonds. The number of halogens is 1. The van der Waals surface area contributed by atoms with Crippen molar-refractivity contribution in [3.8, 4) is 6.07 Å². The molecule has 0 spiro atoms. The summed E-state index contributed by atoms with van der Waals surface area (Å²) in [6.07, 6.45) is 1.49. The van der Waals surface area contributed by atoms with Crippen LogP contribution in [0.1, 0.15) is 27.2 Å². The maximum Gasteiger partial charge on any atom is 0.224 e. The first-order valence-electron chi connectivity index (χ1n) is 6.00. The monoisotopic (exact) mass is 251 g/mol. The second kappa shape index (κ2) is 6.74. The average Bonchev–Trinajstić information content (AvgIpc) is 2.33. The largest absolute Gasteiger partial charge is 0.354 e. The van der Waals surface area contributed by atoms with Gasteiger partial charge in [0.2, 0.25) is 5.95 Å². The van der Waals surface area contributed by atoms with Crippen molar-refractivity contribution in [2.45, 2.75) is 33.2 Å². The van der Waals surface area contributed by atoms with Crippen molar-refractivity contribution in [1.29, 1.82) is 5.26 Å². The zero-order chi connectivity index (χ0) is 13.5. The lowest BCUT2D eigenvalue weighted by Gasteiger charge is -2.27. The van der Waals surface area contributed by atoms with Gasteiger partial charge >= 0.3 is 0 Å². The normalized spacial score (nSPS) is 10.2. The fourth-order valence-electron chi connectivity index (χ4n) is 1.58. The van der Waals surface area contributed by atoms with Crippen LogP contribution in [0, 0.1) is 17.1 Å². The molecular formula is C12H18FN5. The SMILES string of the molecule is CCNc1ncc(F)c(N(CCC#N)C(C)C)n1. The summed E-state index contributed by atoms with van der Waals surface area (Å²) in [7, 11) is 0. The summed E-state index contributed by atoms with van der Waals surface area (Å²) >= 11 is 0. The maximum absolute atomic E-state index is 13.8. The molecule has 0 saturated heterocycles. The van der Waals surface area contributed by atoms with Gasteiger partial charge in [-0.2, -0.15) is 10.2 Å². The molecule has 1 aromatic heterocycles. The number of nitrogens with zero attached hydrogens (tertiary/aromatic N) is 4. The third kappa shape index (κ3) is 3.55. The zero-order valence-corrected chi connectivity index (χ0v) is 10.9. The molecule has 1 rings (SSSR count). The second-order valence-electron chi connectivity index (χ2n) is 4.09. The van der Waals surface area contributed by atoms with Gasteiger partial charge in [-0.1, -0.05) is 0 Å². The third-order valence-electron chi connectivity index (χ3n) is 2.42. The van der Waals surface area contributed by atoms with Crippen LogP contribution >= 0.6 is 0 Å². The highest BCUT2D eigenvalue weighted by Crippen LogP contribution is 2.19. The molecule has 0 aromatic carbocycles. The zero-order valence-electron chi connectivity index (χ0n) is 10.9. The van der Waals surface area contributed by atoms with Gasteiger partial charge < -0.3 is 10.2 Å². The molecule has 0 atom stereocenters. The quantitative estimate of drug-likeness (QED) is 0.839. The van der Waals surface area contributed by atoms with Crippen molar-refractivity contribution in [2.24, 2.45) is 0 Å². The van der Waals surface area contributed by atoms with Crippen molar-refractivity contribution in [3.05, 3.63) is 12.0 Å². The Morgan fingerprint density at radius 1 is 1.56 bits per heavy atom. The smallest absolute Gasteiger partial charge is 0.224 e. The van der Waals surface area contributed by atoms with Crippen LogP contribution in [0.5, 0.6) is 0 Å². The Morgan fingerprint density at radius 2 is 2.28 bits per heavy atom. The molecule has 0 aliphatic heterocycles. The van der Waals surface area contributed by atoms with Gasteiger partial charge in [0.25, 0.3) is 0 Å². The lowest BCUT2D eigenvalue weighted by molar-refractivity contribution is 0.585. The Bertz CT molecular complexity index is 427. The lowest BCUT2D eigenvalue weighted by Crippen LogP contribution is -2.33. The standard InChI is InChI=1S/C12H18FN5/c1-4-15-12-16-8-10(13)11(17-12)18(9(2)3)7-5-6-14/h8-9H,4-5,7H2,1-3H3,(H,15,16,17).